The second-order valence-corrected chi connectivity index (χ2v) is 7.90. The van der Waals surface area contributed by atoms with E-state index in [1.54, 1.807) is 27.4 Å². The maximum atomic E-state index is 12.9. The number of carbonyl (C=O) groups excluding carboxylic acids is 1. The Labute approximate surface area is 184 Å². The molecule has 0 saturated carbocycles. The maximum absolute atomic E-state index is 12.9. The van der Waals surface area contributed by atoms with Crippen LogP contribution in [-0.4, -0.2) is 25.1 Å². The second-order valence-electron chi connectivity index (χ2n) is 7.50. The molecular formula is C23H22ClN5O2. The standard InChI is InChI=1S/C23H22ClN5O2/c1-15-11-16(2)13-18(12-15)28-9-10-29-20(26-27-22(29)23(28)31)7-8-21(30)25-14-17-5-3-4-6-19(17)24/h3-6,9-13H,7-8,14H2,1-2H3,(H,25,30). The van der Waals surface area contributed by atoms with Gasteiger partial charge in [-0.3, -0.25) is 18.6 Å². The number of halogens is 1. The van der Waals surface area contributed by atoms with Gasteiger partial charge in [-0.05, 0) is 48.7 Å². The molecular weight excluding hydrogens is 414 g/mol. The number of rotatable bonds is 6. The van der Waals surface area contributed by atoms with Crippen LogP contribution in [0, 0.1) is 13.8 Å². The van der Waals surface area contributed by atoms with Crippen LogP contribution in [0.2, 0.25) is 5.02 Å². The Morgan fingerprint density at radius 2 is 1.81 bits per heavy atom. The summed E-state index contributed by atoms with van der Waals surface area (Å²) in [5.74, 6) is 0.438. The van der Waals surface area contributed by atoms with E-state index in [0.29, 0.717) is 23.8 Å². The zero-order valence-corrected chi connectivity index (χ0v) is 18.1. The number of hydrogen-bond acceptors (Lipinski definition) is 4. The van der Waals surface area contributed by atoms with E-state index >= 15 is 0 Å². The maximum Gasteiger partial charge on any atom is 0.300 e. The van der Waals surface area contributed by atoms with Crippen molar-refractivity contribution >= 4 is 23.2 Å². The predicted octanol–water partition coefficient (Wildman–Crippen LogP) is 3.40. The Balaban J connectivity index is 1.48. The number of aromatic nitrogens is 4. The van der Waals surface area contributed by atoms with Crippen molar-refractivity contribution in [2.24, 2.45) is 0 Å². The van der Waals surface area contributed by atoms with Crippen LogP contribution in [0.4, 0.5) is 0 Å². The van der Waals surface area contributed by atoms with Gasteiger partial charge in [-0.15, -0.1) is 10.2 Å². The van der Waals surface area contributed by atoms with Crippen LogP contribution >= 0.6 is 11.6 Å². The molecule has 0 fully saturated rings. The van der Waals surface area contributed by atoms with E-state index in [-0.39, 0.29) is 23.5 Å². The van der Waals surface area contributed by atoms with Crippen molar-refractivity contribution < 1.29 is 4.79 Å². The monoisotopic (exact) mass is 435 g/mol. The van der Waals surface area contributed by atoms with Crippen molar-refractivity contribution in [2.45, 2.75) is 33.2 Å². The molecule has 4 rings (SSSR count). The van der Waals surface area contributed by atoms with E-state index in [1.165, 1.54) is 0 Å². The molecule has 7 nitrogen and oxygen atoms in total. The molecule has 0 aliphatic carbocycles. The molecule has 0 spiro atoms. The fraction of sp³-hybridized carbons (Fsp3) is 0.217. The number of nitrogens with one attached hydrogen (secondary N) is 1. The average molecular weight is 436 g/mol. The van der Waals surface area contributed by atoms with Crippen molar-refractivity contribution in [1.29, 1.82) is 0 Å². The van der Waals surface area contributed by atoms with E-state index in [4.69, 9.17) is 11.6 Å². The van der Waals surface area contributed by atoms with Crippen LogP contribution in [0.3, 0.4) is 0 Å². The Morgan fingerprint density at radius 3 is 2.55 bits per heavy atom. The number of hydrogen-bond donors (Lipinski definition) is 1. The lowest BCUT2D eigenvalue weighted by molar-refractivity contribution is -0.121. The van der Waals surface area contributed by atoms with Crippen molar-refractivity contribution in [3.8, 4) is 5.69 Å². The lowest BCUT2D eigenvalue weighted by Crippen LogP contribution is -2.23. The van der Waals surface area contributed by atoms with Gasteiger partial charge in [0.25, 0.3) is 0 Å². The van der Waals surface area contributed by atoms with Gasteiger partial charge in [-0.2, -0.15) is 0 Å². The normalized spacial score (nSPS) is 11.1. The molecule has 158 valence electrons. The number of amides is 1. The Morgan fingerprint density at radius 1 is 1.06 bits per heavy atom. The highest BCUT2D eigenvalue weighted by atomic mass is 35.5. The van der Waals surface area contributed by atoms with Gasteiger partial charge < -0.3 is 5.32 Å². The fourth-order valence-corrected chi connectivity index (χ4v) is 3.75. The number of benzene rings is 2. The van der Waals surface area contributed by atoms with Crippen LogP contribution in [0.25, 0.3) is 11.3 Å². The highest BCUT2D eigenvalue weighted by Crippen LogP contribution is 2.15. The first-order chi connectivity index (χ1) is 14.9. The molecule has 4 aromatic rings. The van der Waals surface area contributed by atoms with Crippen LogP contribution < -0.4 is 10.9 Å². The number of carbonyl (C=O) groups is 1. The number of nitrogens with zero attached hydrogens (tertiary/aromatic N) is 4. The summed E-state index contributed by atoms with van der Waals surface area (Å²) in [7, 11) is 0. The molecule has 2 aromatic heterocycles. The first-order valence-electron chi connectivity index (χ1n) is 9.96. The fourth-order valence-electron chi connectivity index (χ4n) is 3.55. The third-order valence-corrected chi connectivity index (χ3v) is 5.40. The molecule has 0 saturated heterocycles. The molecule has 1 N–H and O–H groups in total. The van der Waals surface area contributed by atoms with E-state index in [0.717, 1.165) is 22.4 Å². The Kier molecular flexibility index (Phi) is 5.86. The predicted molar refractivity (Wildman–Crippen MR) is 120 cm³/mol. The van der Waals surface area contributed by atoms with Gasteiger partial charge in [-0.25, -0.2) is 0 Å². The molecule has 31 heavy (non-hydrogen) atoms. The average Bonchev–Trinajstić information content (AvgIpc) is 3.15. The molecule has 1 amide bonds. The molecule has 0 aliphatic rings. The summed E-state index contributed by atoms with van der Waals surface area (Å²) in [6.45, 7) is 4.35. The quantitative estimate of drug-likeness (QED) is 0.503. The SMILES string of the molecule is Cc1cc(C)cc(-n2ccn3c(CCC(=O)NCc4ccccc4Cl)nnc3c2=O)c1. The minimum absolute atomic E-state index is 0.125. The van der Waals surface area contributed by atoms with Gasteiger partial charge in [0.05, 0.1) is 0 Å². The van der Waals surface area contributed by atoms with E-state index in [2.05, 4.69) is 21.6 Å². The molecule has 8 heteroatoms. The van der Waals surface area contributed by atoms with Crippen molar-refractivity contribution in [2.75, 3.05) is 0 Å². The third-order valence-electron chi connectivity index (χ3n) is 5.04. The summed E-state index contributed by atoms with van der Waals surface area (Å²) < 4.78 is 3.20. The highest BCUT2D eigenvalue weighted by Gasteiger charge is 2.13. The van der Waals surface area contributed by atoms with Gasteiger partial charge in [0.2, 0.25) is 11.6 Å². The summed E-state index contributed by atoms with van der Waals surface area (Å²) >= 11 is 6.12. The summed E-state index contributed by atoms with van der Waals surface area (Å²) in [6.07, 6.45) is 4.05. The summed E-state index contributed by atoms with van der Waals surface area (Å²) in [6, 6.07) is 13.3. The van der Waals surface area contributed by atoms with Gasteiger partial charge >= 0.3 is 5.56 Å². The minimum atomic E-state index is -0.255. The largest absolute Gasteiger partial charge is 0.352 e. The third kappa shape index (κ3) is 4.51. The number of aryl methyl sites for hydroxylation is 3. The van der Waals surface area contributed by atoms with Gasteiger partial charge in [0.1, 0.15) is 5.82 Å². The molecule has 0 bridgehead atoms. The smallest absolute Gasteiger partial charge is 0.300 e. The summed E-state index contributed by atoms with van der Waals surface area (Å²) in [4.78, 5) is 25.2. The lowest BCUT2D eigenvalue weighted by atomic mass is 10.1. The molecule has 0 radical (unpaired) electrons. The topological polar surface area (TPSA) is 81.3 Å². The van der Waals surface area contributed by atoms with Crippen LogP contribution in [0.5, 0.6) is 0 Å². The second kappa shape index (κ2) is 8.73. The van der Waals surface area contributed by atoms with Crippen LogP contribution in [-0.2, 0) is 17.8 Å². The Bertz CT molecular complexity index is 1310. The van der Waals surface area contributed by atoms with Gasteiger partial charge in [0.15, 0.2) is 0 Å². The summed E-state index contributed by atoms with van der Waals surface area (Å²) in [5, 5.41) is 11.7. The van der Waals surface area contributed by atoms with E-state index < -0.39 is 0 Å². The van der Waals surface area contributed by atoms with Crippen LogP contribution in [0.15, 0.2) is 59.7 Å². The van der Waals surface area contributed by atoms with E-state index in [9.17, 15) is 9.59 Å². The zero-order valence-electron chi connectivity index (χ0n) is 17.3. The van der Waals surface area contributed by atoms with E-state index in [1.807, 2.05) is 44.2 Å². The highest BCUT2D eigenvalue weighted by molar-refractivity contribution is 6.31. The molecule has 2 heterocycles. The van der Waals surface area contributed by atoms with Crippen LogP contribution in [0.1, 0.15) is 28.9 Å². The first-order valence-corrected chi connectivity index (χ1v) is 10.3. The first kappa shape index (κ1) is 20.8. The molecule has 2 aromatic carbocycles. The van der Waals surface area contributed by atoms with Crippen molar-refractivity contribution in [1.82, 2.24) is 24.5 Å². The Hall–Kier alpha value is -3.45. The zero-order chi connectivity index (χ0) is 22.0. The van der Waals surface area contributed by atoms with Crippen molar-refractivity contribution in [3.05, 3.63) is 92.7 Å². The van der Waals surface area contributed by atoms with Gasteiger partial charge in [0, 0.05) is 42.5 Å². The lowest BCUT2D eigenvalue weighted by Gasteiger charge is -2.09. The molecule has 0 atom stereocenters. The molecule has 0 aliphatic heterocycles. The number of fused-ring (bicyclic) bond motifs is 1. The van der Waals surface area contributed by atoms with Gasteiger partial charge in [-0.1, -0.05) is 35.9 Å². The minimum Gasteiger partial charge on any atom is -0.352 e. The van der Waals surface area contributed by atoms with Crippen molar-refractivity contribution in [3.63, 3.8) is 0 Å². The molecule has 0 unspecified atom stereocenters. The summed E-state index contributed by atoms with van der Waals surface area (Å²) in [5.41, 5.74) is 3.77.